The summed E-state index contributed by atoms with van der Waals surface area (Å²) in [6.07, 6.45) is 10.4. The second-order valence-corrected chi connectivity index (χ2v) is 5.87. The molecule has 0 aromatic rings. The minimum Gasteiger partial charge on any atom is -0.302 e. The van der Waals surface area contributed by atoms with E-state index in [2.05, 4.69) is 18.2 Å². The van der Waals surface area contributed by atoms with Gasteiger partial charge in [0.2, 0.25) is 5.91 Å². The fourth-order valence-corrected chi connectivity index (χ4v) is 3.03. The van der Waals surface area contributed by atoms with Crippen LogP contribution in [-0.4, -0.2) is 53.9 Å². The molecule has 1 heterocycles. The van der Waals surface area contributed by atoms with Crippen molar-refractivity contribution in [1.29, 1.82) is 5.26 Å². The van der Waals surface area contributed by atoms with Crippen LogP contribution in [0, 0.1) is 11.3 Å². The Bertz CT molecular complexity index is 536. The van der Waals surface area contributed by atoms with E-state index in [0.29, 0.717) is 26.0 Å². The van der Waals surface area contributed by atoms with Gasteiger partial charge in [0.25, 0.3) is 0 Å². The van der Waals surface area contributed by atoms with E-state index >= 15 is 0 Å². The van der Waals surface area contributed by atoms with Gasteiger partial charge >= 0.3 is 0 Å². The number of hydrogen-bond acceptors (Lipinski definition) is 5. The third-order valence-electron chi connectivity index (χ3n) is 4.20. The van der Waals surface area contributed by atoms with Crippen LogP contribution in [0.2, 0.25) is 0 Å². The summed E-state index contributed by atoms with van der Waals surface area (Å²) in [6, 6.07) is 1.81. The summed E-state index contributed by atoms with van der Waals surface area (Å²) >= 11 is 0. The van der Waals surface area contributed by atoms with Gasteiger partial charge in [-0.15, -0.1) is 0 Å². The van der Waals surface area contributed by atoms with Crippen molar-refractivity contribution in [2.24, 2.45) is 0 Å². The topological polar surface area (TPSA) is 73.6 Å². The van der Waals surface area contributed by atoms with E-state index in [0.717, 1.165) is 24.7 Å². The van der Waals surface area contributed by atoms with Crippen molar-refractivity contribution in [1.82, 2.24) is 9.96 Å². The van der Waals surface area contributed by atoms with Crippen LogP contribution < -0.4 is 0 Å². The second kappa shape index (κ2) is 8.61. The zero-order chi connectivity index (χ0) is 16.7. The number of allylic oxidation sites excluding steroid dienone is 2. The molecule has 0 saturated carbocycles. The summed E-state index contributed by atoms with van der Waals surface area (Å²) in [5.41, 5.74) is 1.07. The molecule has 0 radical (unpaired) electrons. The highest BCUT2D eigenvalue weighted by molar-refractivity contribution is 5.72. The Balaban J connectivity index is 1.98. The van der Waals surface area contributed by atoms with Crippen LogP contribution in [0.5, 0.6) is 0 Å². The lowest BCUT2D eigenvalue weighted by atomic mass is 9.99. The first-order valence-electron chi connectivity index (χ1n) is 8.01. The predicted molar refractivity (Wildman–Crippen MR) is 85.0 cm³/mol. The van der Waals surface area contributed by atoms with Gasteiger partial charge in [0.05, 0.1) is 31.3 Å². The number of rotatable bonds is 6. The van der Waals surface area contributed by atoms with Gasteiger partial charge in [0.1, 0.15) is 6.29 Å². The molecule has 1 fully saturated rings. The number of aldehydes is 1. The number of nitriles is 1. The second-order valence-electron chi connectivity index (χ2n) is 5.87. The lowest BCUT2D eigenvalue weighted by Crippen LogP contribution is -2.53. The average molecular weight is 317 g/mol. The van der Waals surface area contributed by atoms with E-state index in [1.54, 1.807) is 4.90 Å². The standard InChI is InChI=1S/C17H23N3O3/c1-14(22)20(23-13-15-5-3-2-4-6-15)17-8-7-16(11-18)19(12-17)9-10-21/h3,5-6,10,16-17H,2,4,7-9,12-13H2,1H3. The number of amides is 1. The maximum atomic E-state index is 11.9. The van der Waals surface area contributed by atoms with Gasteiger partial charge in [-0.25, -0.2) is 5.06 Å². The molecule has 6 heteroatoms. The van der Waals surface area contributed by atoms with Crippen molar-refractivity contribution >= 4 is 12.2 Å². The molecule has 0 N–H and O–H groups in total. The number of hydroxylamine groups is 2. The number of likely N-dealkylation sites (tertiary alicyclic amines) is 1. The summed E-state index contributed by atoms with van der Waals surface area (Å²) in [6.45, 7) is 2.52. The van der Waals surface area contributed by atoms with Gasteiger partial charge in [0, 0.05) is 13.5 Å². The van der Waals surface area contributed by atoms with Gasteiger partial charge in [-0.2, -0.15) is 5.26 Å². The first-order chi connectivity index (χ1) is 11.2. The lowest BCUT2D eigenvalue weighted by molar-refractivity contribution is -0.200. The highest BCUT2D eigenvalue weighted by Gasteiger charge is 2.33. The molecule has 23 heavy (non-hydrogen) atoms. The minimum absolute atomic E-state index is 0.134. The van der Waals surface area contributed by atoms with Gasteiger partial charge < -0.3 is 4.79 Å². The first kappa shape index (κ1) is 17.4. The van der Waals surface area contributed by atoms with Crippen molar-refractivity contribution in [2.45, 2.75) is 44.7 Å². The maximum Gasteiger partial charge on any atom is 0.243 e. The Morgan fingerprint density at radius 3 is 2.96 bits per heavy atom. The molecule has 6 nitrogen and oxygen atoms in total. The molecule has 0 bridgehead atoms. The van der Waals surface area contributed by atoms with Crippen LogP contribution >= 0.6 is 0 Å². The van der Waals surface area contributed by atoms with Crippen LogP contribution in [0.15, 0.2) is 23.8 Å². The van der Waals surface area contributed by atoms with Crippen molar-refractivity contribution in [3.63, 3.8) is 0 Å². The quantitative estimate of drug-likeness (QED) is 0.549. The first-order valence-corrected chi connectivity index (χ1v) is 8.01. The van der Waals surface area contributed by atoms with Crippen molar-refractivity contribution in [3.05, 3.63) is 23.8 Å². The summed E-state index contributed by atoms with van der Waals surface area (Å²) in [5.74, 6) is -0.156. The molecule has 124 valence electrons. The normalized spacial score (nSPS) is 24.6. The summed E-state index contributed by atoms with van der Waals surface area (Å²) < 4.78 is 0. The molecule has 2 aliphatic rings. The Morgan fingerprint density at radius 1 is 1.52 bits per heavy atom. The van der Waals surface area contributed by atoms with Crippen LogP contribution in [0.3, 0.4) is 0 Å². The largest absolute Gasteiger partial charge is 0.302 e. The lowest BCUT2D eigenvalue weighted by Gasteiger charge is -2.39. The Kier molecular flexibility index (Phi) is 6.51. The van der Waals surface area contributed by atoms with E-state index in [1.807, 2.05) is 6.08 Å². The molecule has 1 aliphatic heterocycles. The highest BCUT2D eigenvalue weighted by Crippen LogP contribution is 2.22. The number of carbonyl (C=O) groups excluding carboxylic acids is 2. The van der Waals surface area contributed by atoms with Gasteiger partial charge in [-0.05, 0) is 31.3 Å². The maximum absolute atomic E-state index is 11.9. The third kappa shape index (κ3) is 4.75. The van der Waals surface area contributed by atoms with E-state index in [1.165, 1.54) is 12.0 Å². The Labute approximate surface area is 136 Å². The van der Waals surface area contributed by atoms with Gasteiger partial charge in [0.15, 0.2) is 0 Å². The fraction of sp³-hybridized carbons (Fsp3) is 0.588. The van der Waals surface area contributed by atoms with Crippen LogP contribution in [0.25, 0.3) is 0 Å². The number of carbonyl (C=O) groups is 2. The molecule has 1 amide bonds. The van der Waals surface area contributed by atoms with E-state index in [-0.39, 0.29) is 24.5 Å². The number of hydrogen-bond donors (Lipinski definition) is 0. The van der Waals surface area contributed by atoms with Crippen molar-refractivity contribution in [3.8, 4) is 6.07 Å². The SMILES string of the molecule is CC(=O)N(OCC1=CCCC=C1)C1CCC(C#N)N(CC=O)C1. The molecular formula is C17H23N3O3. The highest BCUT2D eigenvalue weighted by atomic mass is 16.7. The van der Waals surface area contributed by atoms with E-state index < -0.39 is 0 Å². The molecule has 2 atom stereocenters. The minimum atomic E-state index is -0.269. The summed E-state index contributed by atoms with van der Waals surface area (Å²) in [5, 5.41) is 10.6. The molecule has 1 saturated heterocycles. The molecule has 2 unspecified atom stereocenters. The van der Waals surface area contributed by atoms with Crippen molar-refractivity contribution in [2.75, 3.05) is 19.7 Å². The molecule has 1 aliphatic carbocycles. The third-order valence-corrected chi connectivity index (χ3v) is 4.20. The Hall–Kier alpha value is -1.97. The van der Waals surface area contributed by atoms with E-state index in [4.69, 9.17) is 10.1 Å². The number of nitrogens with zero attached hydrogens (tertiary/aromatic N) is 3. The molecule has 0 aromatic heterocycles. The molecular weight excluding hydrogens is 294 g/mol. The van der Waals surface area contributed by atoms with Gasteiger partial charge in [-0.1, -0.05) is 18.2 Å². The molecule has 0 spiro atoms. The van der Waals surface area contributed by atoms with Gasteiger partial charge in [-0.3, -0.25) is 14.5 Å². The van der Waals surface area contributed by atoms with Crippen LogP contribution in [-0.2, 0) is 14.4 Å². The predicted octanol–water partition coefficient (Wildman–Crippen LogP) is 1.60. The van der Waals surface area contributed by atoms with Crippen LogP contribution in [0.4, 0.5) is 0 Å². The average Bonchev–Trinajstić information content (AvgIpc) is 2.56. The zero-order valence-electron chi connectivity index (χ0n) is 13.5. The number of piperidine rings is 1. The smallest absolute Gasteiger partial charge is 0.243 e. The van der Waals surface area contributed by atoms with Crippen LogP contribution in [0.1, 0.15) is 32.6 Å². The van der Waals surface area contributed by atoms with E-state index in [9.17, 15) is 9.59 Å². The summed E-state index contributed by atoms with van der Waals surface area (Å²) in [4.78, 5) is 30.3. The molecule has 0 aromatic carbocycles. The summed E-state index contributed by atoms with van der Waals surface area (Å²) in [7, 11) is 0. The Morgan fingerprint density at radius 2 is 2.35 bits per heavy atom. The monoisotopic (exact) mass is 317 g/mol. The molecule has 2 rings (SSSR count). The fourth-order valence-electron chi connectivity index (χ4n) is 3.03. The van der Waals surface area contributed by atoms with Crippen molar-refractivity contribution < 1.29 is 14.4 Å². The zero-order valence-corrected chi connectivity index (χ0v) is 13.5.